The van der Waals surface area contributed by atoms with Crippen LogP contribution in [0.5, 0.6) is 0 Å². The third-order valence-corrected chi connectivity index (χ3v) is 12.4. The molecule has 1 amide bonds. The van der Waals surface area contributed by atoms with Gasteiger partial charge in [0.05, 0.1) is 20.2 Å². The van der Waals surface area contributed by atoms with Gasteiger partial charge in [0.1, 0.15) is 12.6 Å². The molecule has 1 aromatic carbocycles. The highest BCUT2D eigenvalue weighted by molar-refractivity contribution is 5.86. The topological polar surface area (TPSA) is 82.5 Å². The van der Waals surface area contributed by atoms with Crippen LogP contribution in [0.25, 0.3) is 10.9 Å². The van der Waals surface area contributed by atoms with E-state index < -0.39 is 12.1 Å². The largest absolute Gasteiger partial charge is 0.464 e. The summed E-state index contributed by atoms with van der Waals surface area (Å²) in [6.07, 6.45) is 30.0. The average molecular weight is 802 g/mol. The lowest BCUT2D eigenvalue weighted by molar-refractivity contribution is -0.940. The van der Waals surface area contributed by atoms with Gasteiger partial charge in [-0.15, -0.1) is 0 Å². The Kier molecular flexibility index (Phi) is 21.2. The van der Waals surface area contributed by atoms with E-state index in [1.807, 2.05) is 27.0 Å². The van der Waals surface area contributed by atoms with Gasteiger partial charge in [-0.05, 0) is 56.4 Å². The summed E-state index contributed by atoms with van der Waals surface area (Å²) >= 11 is 0. The molecule has 1 aliphatic heterocycles. The van der Waals surface area contributed by atoms with Crippen molar-refractivity contribution in [1.29, 1.82) is 0 Å². The first-order chi connectivity index (χ1) is 28.1. The van der Waals surface area contributed by atoms with Gasteiger partial charge in [0.25, 0.3) is 0 Å². The maximum Gasteiger partial charge on any atom is 0.412 e. The first kappa shape index (κ1) is 47.3. The lowest BCUT2D eigenvalue weighted by Gasteiger charge is -2.37. The molecule has 0 bridgehead atoms. The summed E-state index contributed by atoms with van der Waals surface area (Å²) in [5.41, 5.74) is 7.49. The van der Waals surface area contributed by atoms with Gasteiger partial charge in [0.2, 0.25) is 6.73 Å². The zero-order chi connectivity index (χ0) is 41.6. The average Bonchev–Trinajstić information content (AvgIpc) is 3.50. The van der Waals surface area contributed by atoms with Gasteiger partial charge in [-0.25, -0.2) is 9.59 Å². The highest BCUT2D eigenvalue weighted by atomic mass is 16.6. The summed E-state index contributed by atoms with van der Waals surface area (Å²) in [7, 11) is 2.15. The number of nitrogens with one attached hydrogen (secondary N) is 1. The number of aryl methyl sites for hydroxylation is 4. The summed E-state index contributed by atoms with van der Waals surface area (Å²) in [6.45, 7) is 13.5. The van der Waals surface area contributed by atoms with Crippen LogP contribution in [0.15, 0.2) is 36.5 Å². The van der Waals surface area contributed by atoms with E-state index in [1.54, 1.807) is 0 Å². The number of carbonyl (C=O) groups is 2. The van der Waals surface area contributed by atoms with E-state index in [2.05, 4.69) is 66.1 Å². The predicted octanol–water partition coefficient (Wildman–Crippen LogP) is 12.5. The number of amides is 1. The molecule has 4 rings (SSSR count). The van der Waals surface area contributed by atoms with Crippen molar-refractivity contribution in [3.05, 3.63) is 64.6 Å². The molecule has 2 unspecified atom stereocenters. The number of esters is 1. The van der Waals surface area contributed by atoms with Crippen LogP contribution in [0, 0.1) is 19.8 Å². The number of ether oxygens (including phenoxy) is 2. The molecule has 2 aromatic heterocycles. The van der Waals surface area contributed by atoms with E-state index in [9.17, 15) is 9.59 Å². The van der Waals surface area contributed by atoms with Crippen molar-refractivity contribution in [2.24, 2.45) is 5.92 Å². The summed E-state index contributed by atoms with van der Waals surface area (Å²) < 4.78 is 14.6. The molecule has 3 heterocycles. The number of likely N-dealkylation sites (N-methyl/N-ethyl adjacent to an activating group) is 1. The Morgan fingerprint density at radius 2 is 1.38 bits per heavy atom. The van der Waals surface area contributed by atoms with Crippen LogP contribution in [0.3, 0.4) is 0 Å². The Bertz CT molecular complexity index is 1630. The highest BCUT2D eigenvalue weighted by Crippen LogP contribution is 2.34. The van der Waals surface area contributed by atoms with Crippen molar-refractivity contribution in [3.63, 3.8) is 0 Å². The number of rotatable bonds is 29. The Hall–Kier alpha value is -3.39. The van der Waals surface area contributed by atoms with Crippen LogP contribution < -0.4 is 5.32 Å². The number of benzene rings is 1. The molecule has 0 saturated heterocycles. The third-order valence-electron chi connectivity index (χ3n) is 12.4. The van der Waals surface area contributed by atoms with Crippen LogP contribution in [0.1, 0.15) is 177 Å². The fourth-order valence-electron chi connectivity index (χ4n) is 8.64. The van der Waals surface area contributed by atoms with E-state index in [0.29, 0.717) is 11.1 Å². The number of unbranched alkanes of at least 4 members (excludes halogenated alkanes) is 19. The summed E-state index contributed by atoms with van der Waals surface area (Å²) in [6, 6.07) is 10.3. The minimum atomic E-state index is -0.736. The lowest BCUT2D eigenvalue weighted by atomic mass is 10.0. The van der Waals surface area contributed by atoms with E-state index in [-0.39, 0.29) is 18.6 Å². The fraction of sp³-hybridized carbons (Fsp3) is 0.700. The van der Waals surface area contributed by atoms with E-state index in [1.165, 1.54) is 149 Å². The number of pyridine rings is 1. The fourth-order valence-corrected chi connectivity index (χ4v) is 8.64. The second-order valence-electron chi connectivity index (χ2n) is 18.2. The molecule has 0 spiro atoms. The molecule has 3 aromatic rings. The van der Waals surface area contributed by atoms with Gasteiger partial charge in [0, 0.05) is 47.0 Å². The van der Waals surface area contributed by atoms with Crippen LogP contribution in [-0.4, -0.2) is 59.1 Å². The van der Waals surface area contributed by atoms with Gasteiger partial charge in [-0.2, -0.15) is 0 Å². The van der Waals surface area contributed by atoms with Gasteiger partial charge < -0.3 is 19.4 Å². The first-order valence-electron chi connectivity index (χ1n) is 23.6. The van der Waals surface area contributed by atoms with Crippen molar-refractivity contribution in [2.75, 3.05) is 26.9 Å². The van der Waals surface area contributed by atoms with Crippen molar-refractivity contribution < 1.29 is 23.5 Å². The van der Waals surface area contributed by atoms with Gasteiger partial charge in [0.15, 0.2) is 0 Å². The molecule has 0 aliphatic carbocycles. The summed E-state index contributed by atoms with van der Waals surface area (Å²) in [4.78, 5) is 30.6. The minimum absolute atomic E-state index is 0.109. The third kappa shape index (κ3) is 16.3. The molecule has 0 radical (unpaired) electrons. The molecule has 1 N–H and O–H groups in total. The lowest BCUT2D eigenvalue weighted by Crippen LogP contribution is -2.51. The van der Waals surface area contributed by atoms with E-state index >= 15 is 0 Å². The Morgan fingerprint density at radius 1 is 0.793 bits per heavy atom. The van der Waals surface area contributed by atoms with Crippen molar-refractivity contribution >= 4 is 23.0 Å². The number of quaternary nitrogens is 1. The molecule has 58 heavy (non-hydrogen) atoms. The van der Waals surface area contributed by atoms with Crippen molar-refractivity contribution in [2.45, 2.75) is 195 Å². The summed E-state index contributed by atoms with van der Waals surface area (Å²) in [5, 5.41) is 4.11. The molecule has 2 atom stereocenters. The smallest absolute Gasteiger partial charge is 0.412 e. The Morgan fingerprint density at radius 3 is 1.93 bits per heavy atom. The molecule has 324 valence electrons. The maximum absolute atomic E-state index is 13.1. The predicted molar refractivity (Wildman–Crippen MR) is 240 cm³/mol. The molecule has 1 aliphatic rings. The molecule has 8 heteroatoms. The monoisotopic (exact) mass is 802 g/mol. The highest BCUT2D eigenvalue weighted by Gasteiger charge is 2.35. The number of carbonyl (C=O) groups excluding carboxylic acids is 2. The number of hydrogen-bond acceptors (Lipinski definition) is 5. The van der Waals surface area contributed by atoms with Gasteiger partial charge in [-0.3, -0.25) is 9.47 Å². The minimum Gasteiger partial charge on any atom is -0.464 e. The number of alkyl carbamates (subject to hydrolysis) is 1. The maximum atomic E-state index is 13.1. The first-order valence-corrected chi connectivity index (χ1v) is 23.6. The zero-order valence-electron chi connectivity index (χ0n) is 37.7. The molecule has 0 fully saturated rings. The second-order valence-corrected chi connectivity index (χ2v) is 18.2. The second kappa shape index (κ2) is 26.0. The van der Waals surface area contributed by atoms with Crippen LogP contribution in [0.4, 0.5) is 4.79 Å². The van der Waals surface area contributed by atoms with E-state index in [4.69, 9.17) is 9.47 Å². The number of hydrogen-bond donors (Lipinski definition) is 1. The Balaban J connectivity index is 1.07. The Labute approximate surface area is 352 Å². The van der Waals surface area contributed by atoms with Gasteiger partial charge in [-0.1, -0.05) is 160 Å². The molecular weight excluding hydrogens is 721 g/mol. The quantitative estimate of drug-likeness (QED) is 0.0429. The van der Waals surface area contributed by atoms with Crippen molar-refractivity contribution in [1.82, 2.24) is 14.9 Å². The van der Waals surface area contributed by atoms with Gasteiger partial charge >= 0.3 is 12.1 Å². The SMILES string of the molecule is CCCCCCCCCCCCCCCCCCCCCCOC(=O)C(NC(=O)OC[N+]1(C)CCc2c(c3cc(C)ccc3n2CCc2ccc(C)nc2)C1)C(C)C. The van der Waals surface area contributed by atoms with Crippen LogP contribution in [0.2, 0.25) is 0 Å². The summed E-state index contributed by atoms with van der Waals surface area (Å²) in [5.74, 6) is -0.486. The van der Waals surface area contributed by atoms with Crippen LogP contribution >= 0.6 is 0 Å². The van der Waals surface area contributed by atoms with Crippen molar-refractivity contribution in [3.8, 4) is 0 Å². The van der Waals surface area contributed by atoms with Crippen LogP contribution in [-0.2, 0) is 40.2 Å². The number of fused-ring (bicyclic) bond motifs is 3. The molecular formula is C50H81N4O4+. The van der Waals surface area contributed by atoms with E-state index in [0.717, 1.165) is 51.0 Å². The number of nitrogens with zero attached hydrogens (tertiary/aromatic N) is 3. The molecule has 8 nitrogen and oxygen atoms in total. The standard InChI is InChI=1S/C50H80N4O4/c1-7-8-9-10-11-12-13-14-15-16-17-18-19-20-21-22-23-24-25-26-35-57-49(55)48(40(2)3)52-50(56)58-39-54(6)34-32-47-45(38-54)44-36-41(4)27-30-46(44)53(47)33-31-43-29-28-42(5)51-37-43/h27-30,36-37,40,48H,7-26,31-35,38-39H2,1-6H3/p+1. The normalized spacial score (nSPS) is 15.8. The molecule has 0 saturated carbocycles. The zero-order valence-corrected chi connectivity index (χ0v) is 37.7. The number of aromatic nitrogens is 2.